The van der Waals surface area contributed by atoms with Gasteiger partial charge in [-0.25, -0.2) is 8.78 Å². The summed E-state index contributed by atoms with van der Waals surface area (Å²) in [6, 6.07) is 3.49. The second-order valence-corrected chi connectivity index (χ2v) is 3.14. The van der Waals surface area contributed by atoms with Crippen molar-refractivity contribution in [2.45, 2.75) is 13.3 Å². The van der Waals surface area contributed by atoms with Gasteiger partial charge in [-0.2, -0.15) is 0 Å². The third-order valence-electron chi connectivity index (χ3n) is 1.99. The second kappa shape index (κ2) is 4.17. The van der Waals surface area contributed by atoms with Crippen molar-refractivity contribution in [1.82, 2.24) is 0 Å². The van der Waals surface area contributed by atoms with Gasteiger partial charge >= 0.3 is 5.97 Å². The van der Waals surface area contributed by atoms with Gasteiger partial charge in [-0.1, -0.05) is 13.0 Å². The molecule has 1 rings (SSSR count). The first kappa shape index (κ1) is 10.6. The maximum atomic E-state index is 13.0. The number of carboxylic acid groups (broad SMARTS) is 1. The van der Waals surface area contributed by atoms with Crippen LogP contribution in [-0.2, 0) is 11.2 Å². The SMILES string of the molecule is CC(Cc1c(F)cccc1F)C(=O)O. The molecule has 0 saturated carbocycles. The van der Waals surface area contributed by atoms with E-state index in [0.29, 0.717) is 0 Å². The molecule has 14 heavy (non-hydrogen) atoms. The largest absolute Gasteiger partial charge is 0.481 e. The van der Waals surface area contributed by atoms with Gasteiger partial charge in [-0.15, -0.1) is 0 Å². The zero-order valence-electron chi connectivity index (χ0n) is 7.63. The van der Waals surface area contributed by atoms with Crippen LogP contribution in [0.1, 0.15) is 12.5 Å². The van der Waals surface area contributed by atoms with Gasteiger partial charge in [0.2, 0.25) is 0 Å². The smallest absolute Gasteiger partial charge is 0.306 e. The van der Waals surface area contributed by atoms with Crippen molar-refractivity contribution in [2.24, 2.45) is 5.92 Å². The van der Waals surface area contributed by atoms with Crippen LogP contribution in [0.4, 0.5) is 8.78 Å². The van der Waals surface area contributed by atoms with Gasteiger partial charge in [0.25, 0.3) is 0 Å². The van der Waals surface area contributed by atoms with Gasteiger partial charge in [0.1, 0.15) is 11.6 Å². The first-order chi connectivity index (χ1) is 6.52. The average molecular weight is 200 g/mol. The first-order valence-corrected chi connectivity index (χ1v) is 4.18. The molecule has 1 unspecified atom stereocenters. The summed E-state index contributed by atoms with van der Waals surface area (Å²) in [6.45, 7) is 1.41. The maximum absolute atomic E-state index is 13.0. The van der Waals surface area contributed by atoms with Crippen LogP contribution in [0.3, 0.4) is 0 Å². The lowest BCUT2D eigenvalue weighted by Gasteiger charge is -2.07. The molecule has 0 aliphatic heterocycles. The number of hydrogen-bond donors (Lipinski definition) is 1. The summed E-state index contributed by atoms with van der Waals surface area (Å²) >= 11 is 0. The van der Waals surface area contributed by atoms with Crippen molar-refractivity contribution in [2.75, 3.05) is 0 Å². The normalized spacial score (nSPS) is 12.5. The summed E-state index contributed by atoms with van der Waals surface area (Å²) in [5.74, 6) is -3.25. The Morgan fingerprint density at radius 2 is 1.93 bits per heavy atom. The van der Waals surface area contributed by atoms with E-state index in [1.54, 1.807) is 0 Å². The van der Waals surface area contributed by atoms with E-state index >= 15 is 0 Å². The second-order valence-electron chi connectivity index (χ2n) is 3.14. The molecular weight excluding hydrogens is 190 g/mol. The van der Waals surface area contributed by atoms with Crippen LogP contribution in [0.15, 0.2) is 18.2 Å². The molecule has 0 aliphatic carbocycles. The Morgan fingerprint density at radius 1 is 1.43 bits per heavy atom. The van der Waals surface area contributed by atoms with Gasteiger partial charge in [0.05, 0.1) is 5.92 Å². The quantitative estimate of drug-likeness (QED) is 0.812. The summed E-state index contributed by atoms with van der Waals surface area (Å²) in [4.78, 5) is 10.5. The Hall–Kier alpha value is -1.45. The topological polar surface area (TPSA) is 37.3 Å². The summed E-state index contributed by atoms with van der Waals surface area (Å²) in [5.41, 5.74) is -0.164. The first-order valence-electron chi connectivity index (χ1n) is 4.18. The fourth-order valence-electron chi connectivity index (χ4n) is 1.12. The van der Waals surface area contributed by atoms with Crippen molar-refractivity contribution >= 4 is 5.97 Å². The number of hydrogen-bond acceptors (Lipinski definition) is 1. The Balaban J connectivity index is 2.91. The minimum Gasteiger partial charge on any atom is -0.481 e. The van der Waals surface area contributed by atoms with Crippen LogP contribution in [0, 0.1) is 17.6 Å². The molecule has 0 radical (unpaired) electrons. The third-order valence-corrected chi connectivity index (χ3v) is 1.99. The highest BCUT2D eigenvalue weighted by Crippen LogP contribution is 2.16. The summed E-state index contributed by atoms with van der Waals surface area (Å²) < 4.78 is 26.1. The van der Waals surface area contributed by atoms with Crippen molar-refractivity contribution in [3.8, 4) is 0 Å². The molecule has 0 fully saturated rings. The lowest BCUT2D eigenvalue weighted by Crippen LogP contribution is -2.14. The average Bonchev–Trinajstić information content (AvgIpc) is 2.11. The highest BCUT2D eigenvalue weighted by Gasteiger charge is 2.16. The number of benzene rings is 1. The highest BCUT2D eigenvalue weighted by molar-refractivity contribution is 5.69. The van der Waals surface area contributed by atoms with E-state index in [2.05, 4.69) is 0 Å². The molecule has 1 aromatic rings. The van der Waals surface area contributed by atoms with Gasteiger partial charge in [0, 0.05) is 5.56 Å². The molecule has 4 heteroatoms. The van der Waals surface area contributed by atoms with Crippen molar-refractivity contribution in [3.63, 3.8) is 0 Å². The molecule has 0 aliphatic rings. The molecule has 0 saturated heterocycles. The summed E-state index contributed by atoms with van der Waals surface area (Å²) in [7, 11) is 0. The molecule has 0 bridgehead atoms. The standard InChI is InChI=1S/C10H10F2O2/c1-6(10(13)14)5-7-8(11)3-2-4-9(7)12/h2-4,6H,5H2,1H3,(H,13,14). The molecule has 76 valence electrons. The minimum atomic E-state index is -1.06. The van der Waals surface area contributed by atoms with Crippen molar-refractivity contribution < 1.29 is 18.7 Å². The van der Waals surface area contributed by atoms with E-state index in [1.165, 1.54) is 13.0 Å². The molecule has 1 atom stereocenters. The molecule has 1 N–H and O–H groups in total. The number of aliphatic carboxylic acids is 1. The third kappa shape index (κ3) is 2.28. The van der Waals surface area contributed by atoms with Crippen LogP contribution in [-0.4, -0.2) is 11.1 Å². The molecular formula is C10H10F2O2. The Labute approximate surface area is 80.2 Å². The molecule has 2 nitrogen and oxygen atoms in total. The van der Waals surface area contributed by atoms with Crippen LogP contribution in [0.5, 0.6) is 0 Å². The Bertz CT molecular complexity index is 330. The predicted octanol–water partition coefficient (Wildman–Crippen LogP) is 2.23. The van der Waals surface area contributed by atoms with E-state index < -0.39 is 23.5 Å². The zero-order chi connectivity index (χ0) is 10.7. The highest BCUT2D eigenvalue weighted by atomic mass is 19.1. The van der Waals surface area contributed by atoms with Crippen LogP contribution in [0.25, 0.3) is 0 Å². The number of carbonyl (C=O) groups is 1. The zero-order valence-corrected chi connectivity index (χ0v) is 7.63. The van der Waals surface area contributed by atoms with Crippen molar-refractivity contribution in [1.29, 1.82) is 0 Å². The Kier molecular flexibility index (Phi) is 3.17. The monoisotopic (exact) mass is 200 g/mol. The number of rotatable bonds is 3. The lowest BCUT2D eigenvalue weighted by molar-refractivity contribution is -0.141. The molecule has 0 amide bonds. The number of carboxylic acids is 1. The van der Waals surface area contributed by atoms with Crippen LogP contribution < -0.4 is 0 Å². The van der Waals surface area contributed by atoms with E-state index in [1.807, 2.05) is 0 Å². The maximum Gasteiger partial charge on any atom is 0.306 e. The van der Waals surface area contributed by atoms with Gasteiger partial charge in [0.15, 0.2) is 0 Å². The summed E-state index contributed by atoms with van der Waals surface area (Å²) in [6.07, 6.45) is -0.131. The van der Waals surface area contributed by atoms with E-state index in [-0.39, 0.29) is 12.0 Å². The van der Waals surface area contributed by atoms with E-state index in [4.69, 9.17) is 5.11 Å². The fourth-order valence-corrected chi connectivity index (χ4v) is 1.12. The molecule has 1 aromatic carbocycles. The molecule has 0 aromatic heterocycles. The Morgan fingerprint density at radius 3 is 2.36 bits per heavy atom. The van der Waals surface area contributed by atoms with Crippen LogP contribution in [0.2, 0.25) is 0 Å². The van der Waals surface area contributed by atoms with Gasteiger partial charge < -0.3 is 5.11 Å². The fraction of sp³-hybridized carbons (Fsp3) is 0.300. The molecule has 0 spiro atoms. The lowest BCUT2D eigenvalue weighted by atomic mass is 10.0. The van der Waals surface area contributed by atoms with Gasteiger partial charge in [-0.05, 0) is 18.6 Å². The molecule has 0 heterocycles. The predicted molar refractivity (Wildman–Crippen MR) is 46.9 cm³/mol. The minimum absolute atomic E-state index is 0.131. The number of halogens is 2. The van der Waals surface area contributed by atoms with E-state index in [9.17, 15) is 13.6 Å². The van der Waals surface area contributed by atoms with Gasteiger partial charge in [-0.3, -0.25) is 4.79 Å². The van der Waals surface area contributed by atoms with Crippen LogP contribution >= 0.6 is 0 Å². The van der Waals surface area contributed by atoms with Crippen molar-refractivity contribution in [3.05, 3.63) is 35.4 Å². The summed E-state index contributed by atoms with van der Waals surface area (Å²) in [5, 5.41) is 8.58. The van der Waals surface area contributed by atoms with E-state index in [0.717, 1.165) is 12.1 Å².